The van der Waals surface area contributed by atoms with Crippen LogP contribution in [0.2, 0.25) is 0 Å². The van der Waals surface area contributed by atoms with Gasteiger partial charge < -0.3 is 9.47 Å². The van der Waals surface area contributed by atoms with Crippen molar-refractivity contribution < 1.29 is 16.8 Å². The normalized spacial score (nSPS) is 12.0. The van der Waals surface area contributed by atoms with Crippen LogP contribution in [0.4, 0.5) is 11.6 Å². The number of nitrogens with zero attached hydrogens (tertiary/aromatic N) is 4. The number of anilines is 2. The summed E-state index contributed by atoms with van der Waals surface area (Å²) in [7, 11) is -1.67. The van der Waals surface area contributed by atoms with Crippen molar-refractivity contribution in [2.45, 2.75) is 11.3 Å². The van der Waals surface area contributed by atoms with Crippen LogP contribution in [0, 0.1) is 0 Å². The summed E-state index contributed by atoms with van der Waals surface area (Å²) in [4.78, 5) is 6.76. The zero-order valence-corrected chi connectivity index (χ0v) is 20.8. The zero-order chi connectivity index (χ0) is 22.8. The largest absolute Gasteiger partial charge is 0.345 e. The van der Waals surface area contributed by atoms with Crippen molar-refractivity contribution in [2.24, 2.45) is 7.05 Å². The first-order chi connectivity index (χ1) is 14.5. The van der Waals surface area contributed by atoms with Crippen LogP contribution in [0.25, 0.3) is 11.0 Å². The number of halogens is 1. The molecule has 0 saturated heterocycles. The van der Waals surface area contributed by atoms with Crippen LogP contribution in [0.3, 0.4) is 0 Å². The minimum absolute atomic E-state index is 0. The molecule has 0 bridgehead atoms. The number of para-hydroxylation sites is 2. The number of hydrogen-bond donors (Lipinski definition) is 1. The number of benzene rings is 2. The fraction of sp³-hybridized carbons (Fsp3) is 0.350. The zero-order valence-electron chi connectivity index (χ0n) is 18.4. The predicted molar refractivity (Wildman–Crippen MR) is 131 cm³/mol. The average molecular weight is 502 g/mol. The third-order valence-electron chi connectivity index (χ3n) is 4.94. The van der Waals surface area contributed by atoms with E-state index < -0.39 is 20.0 Å². The Hall–Kier alpha value is -2.34. The fourth-order valence-electron chi connectivity index (χ4n) is 3.31. The maximum absolute atomic E-state index is 12.8. The summed E-state index contributed by atoms with van der Waals surface area (Å²) in [5.41, 5.74) is 2.27. The van der Waals surface area contributed by atoms with E-state index in [1.54, 1.807) is 0 Å². The summed E-state index contributed by atoms with van der Waals surface area (Å²) < 4.78 is 53.8. The third-order valence-corrected chi connectivity index (χ3v) is 7.41. The Labute approximate surface area is 195 Å². The van der Waals surface area contributed by atoms with Crippen molar-refractivity contribution in [3.05, 3.63) is 48.5 Å². The number of aromatic nitrogens is 2. The van der Waals surface area contributed by atoms with E-state index in [0.717, 1.165) is 23.2 Å². The van der Waals surface area contributed by atoms with Crippen LogP contribution >= 0.6 is 12.4 Å². The lowest BCUT2D eigenvalue weighted by molar-refractivity contribution is 0.461. The highest BCUT2D eigenvalue weighted by atomic mass is 35.5. The average Bonchev–Trinajstić information content (AvgIpc) is 3.04. The van der Waals surface area contributed by atoms with E-state index in [0.29, 0.717) is 25.2 Å². The standard InChI is InChI=1S/C20H27N5O4S2.ClH/c1-23(20-21-18-8-5-6-9-19(18)25(20)3)14-7-15-24(2)31(28,29)17-12-10-16(11-13-17)22-30(4,26)27;/h5-6,8-13,22H,7,14-15H2,1-4H3;1H. The second-order valence-electron chi connectivity index (χ2n) is 7.46. The van der Waals surface area contributed by atoms with Gasteiger partial charge in [0.1, 0.15) is 0 Å². The van der Waals surface area contributed by atoms with Gasteiger partial charge in [0, 0.05) is 39.9 Å². The molecule has 3 aromatic rings. The lowest BCUT2D eigenvalue weighted by Crippen LogP contribution is -2.31. The second-order valence-corrected chi connectivity index (χ2v) is 11.3. The van der Waals surface area contributed by atoms with Crippen molar-refractivity contribution in [1.82, 2.24) is 13.9 Å². The van der Waals surface area contributed by atoms with Gasteiger partial charge >= 0.3 is 0 Å². The summed E-state index contributed by atoms with van der Waals surface area (Å²) in [6.07, 6.45) is 1.65. The van der Waals surface area contributed by atoms with Crippen LogP contribution in [0.1, 0.15) is 6.42 Å². The highest BCUT2D eigenvalue weighted by Crippen LogP contribution is 2.21. The summed E-state index contributed by atoms with van der Waals surface area (Å²) in [6, 6.07) is 13.5. The van der Waals surface area contributed by atoms with Crippen molar-refractivity contribution in [3.63, 3.8) is 0 Å². The Morgan fingerprint density at radius 2 is 1.59 bits per heavy atom. The predicted octanol–water partition coefficient (Wildman–Crippen LogP) is 2.51. The van der Waals surface area contributed by atoms with Crippen molar-refractivity contribution in [2.75, 3.05) is 43.1 Å². The molecule has 0 atom stereocenters. The Morgan fingerprint density at radius 1 is 0.969 bits per heavy atom. The molecular formula is C20H28ClN5O4S2. The van der Waals surface area contributed by atoms with Crippen LogP contribution < -0.4 is 9.62 Å². The monoisotopic (exact) mass is 501 g/mol. The van der Waals surface area contributed by atoms with E-state index >= 15 is 0 Å². The Kier molecular flexibility index (Phi) is 8.16. The molecule has 9 nitrogen and oxygen atoms in total. The van der Waals surface area contributed by atoms with Gasteiger partial charge in [0.05, 0.1) is 22.2 Å². The molecule has 1 N–H and O–H groups in total. The Balaban J connectivity index is 0.00000363. The maximum Gasteiger partial charge on any atom is 0.242 e. The van der Waals surface area contributed by atoms with Crippen LogP contribution in [-0.4, -0.2) is 64.1 Å². The summed E-state index contributed by atoms with van der Waals surface area (Å²) in [6.45, 7) is 0.966. The van der Waals surface area contributed by atoms with E-state index in [9.17, 15) is 16.8 Å². The van der Waals surface area contributed by atoms with E-state index in [4.69, 9.17) is 0 Å². The van der Waals surface area contributed by atoms with Crippen LogP contribution in [0.15, 0.2) is 53.4 Å². The summed E-state index contributed by atoms with van der Waals surface area (Å²) >= 11 is 0. The van der Waals surface area contributed by atoms with E-state index in [-0.39, 0.29) is 17.3 Å². The molecule has 0 aliphatic rings. The molecule has 0 aliphatic heterocycles. The fourth-order valence-corrected chi connectivity index (χ4v) is 5.09. The van der Waals surface area contributed by atoms with Gasteiger partial charge in [-0.25, -0.2) is 26.1 Å². The smallest absolute Gasteiger partial charge is 0.242 e. The van der Waals surface area contributed by atoms with E-state index in [2.05, 4.69) is 9.71 Å². The molecule has 0 spiro atoms. The maximum atomic E-state index is 12.8. The van der Waals surface area contributed by atoms with Gasteiger partial charge in [-0.2, -0.15) is 0 Å². The van der Waals surface area contributed by atoms with Gasteiger partial charge in [0.2, 0.25) is 26.0 Å². The molecule has 0 amide bonds. The highest BCUT2D eigenvalue weighted by molar-refractivity contribution is 7.92. The highest BCUT2D eigenvalue weighted by Gasteiger charge is 2.21. The molecule has 0 radical (unpaired) electrons. The van der Waals surface area contributed by atoms with Gasteiger partial charge in [0.25, 0.3) is 0 Å². The number of fused-ring (bicyclic) bond motifs is 1. The first-order valence-electron chi connectivity index (χ1n) is 9.66. The van der Waals surface area contributed by atoms with Crippen LogP contribution in [-0.2, 0) is 27.1 Å². The van der Waals surface area contributed by atoms with Crippen molar-refractivity contribution >= 4 is 55.1 Å². The van der Waals surface area contributed by atoms with Gasteiger partial charge in [-0.05, 0) is 42.8 Å². The Morgan fingerprint density at radius 3 is 2.19 bits per heavy atom. The lowest BCUT2D eigenvalue weighted by Gasteiger charge is -2.21. The number of rotatable bonds is 9. The molecule has 32 heavy (non-hydrogen) atoms. The first kappa shape index (κ1) is 25.9. The molecule has 0 saturated carbocycles. The molecule has 12 heteroatoms. The van der Waals surface area contributed by atoms with Crippen LogP contribution in [0.5, 0.6) is 0 Å². The second kappa shape index (κ2) is 10.1. The summed E-state index contributed by atoms with van der Waals surface area (Å²) in [5.74, 6) is 0.820. The number of hydrogen-bond acceptors (Lipinski definition) is 6. The number of aryl methyl sites for hydroxylation is 1. The molecular weight excluding hydrogens is 474 g/mol. The van der Waals surface area contributed by atoms with Crippen molar-refractivity contribution in [3.8, 4) is 0 Å². The number of sulfonamides is 2. The molecule has 0 unspecified atom stereocenters. The lowest BCUT2D eigenvalue weighted by atomic mass is 10.3. The molecule has 2 aromatic carbocycles. The Bertz CT molecular complexity index is 1280. The molecule has 0 fully saturated rings. The molecule has 1 heterocycles. The SMILES string of the molecule is CN(CCCN(C)S(=O)(=O)c1ccc(NS(C)(=O)=O)cc1)c1nc2ccccc2n1C.Cl. The summed E-state index contributed by atoms with van der Waals surface area (Å²) in [5, 5.41) is 0. The molecule has 3 rings (SSSR count). The third kappa shape index (κ3) is 5.91. The minimum Gasteiger partial charge on any atom is -0.345 e. The van der Waals surface area contributed by atoms with Gasteiger partial charge in [-0.3, -0.25) is 4.72 Å². The van der Waals surface area contributed by atoms with Crippen molar-refractivity contribution in [1.29, 1.82) is 0 Å². The molecule has 176 valence electrons. The first-order valence-corrected chi connectivity index (χ1v) is 13.0. The van der Waals surface area contributed by atoms with E-state index in [1.165, 1.54) is 35.6 Å². The van der Waals surface area contributed by atoms with Gasteiger partial charge in [-0.1, -0.05) is 12.1 Å². The molecule has 1 aromatic heterocycles. The number of nitrogens with one attached hydrogen (secondary N) is 1. The quantitative estimate of drug-likeness (QED) is 0.483. The topological polar surface area (TPSA) is 105 Å². The molecule has 0 aliphatic carbocycles. The number of imidazole rings is 1. The van der Waals surface area contributed by atoms with E-state index in [1.807, 2.05) is 47.8 Å². The van der Waals surface area contributed by atoms with Gasteiger partial charge in [-0.15, -0.1) is 12.4 Å². The van der Waals surface area contributed by atoms with Gasteiger partial charge in [0.15, 0.2) is 0 Å². The minimum atomic E-state index is -3.67.